The number of aliphatic hydroxyl groups is 1. The number of aromatic nitrogens is 2. The van der Waals surface area contributed by atoms with E-state index in [1.807, 2.05) is 48.6 Å². The highest BCUT2D eigenvalue weighted by molar-refractivity contribution is 6.46. The lowest BCUT2D eigenvalue weighted by Crippen LogP contribution is -2.35. The summed E-state index contributed by atoms with van der Waals surface area (Å²) in [5.41, 5.74) is 2.96. The summed E-state index contributed by atoms with van der Waals surface area (Å²) < 4.78 is 7.08. The highest BCUT2D eigenvalue weighted by atomic mass is 16.5. The van der Waals surface area contributed by atoms with Crippen molar-refractivity contribution >= 4 is 23.1 Å². The molecule has 1 amide bonds. The summed E-state index contributed by atoms with van der Waals surface area (Å²) in [5, 5.41) is 21.5. The fraction of sp³-hybridized carbons (Fsp3) is 0.320. The highest BCUT2D eigenvalue weighted by Crippen LogP contribution is 2.42. The number of carbonyl (C=O) groups is 2. The van der Waals surface area contributed by atoms with Gasteiger partial charge in [0, 0.05) is 19.3 Å². The SMILES string of the molecule is COc1cc(C2C(=C(O)c3nc4c(C)cccn4c3C)C(=O)C(=O)N2CCN(C)C)ccc1O. The van der Waals surface area contributed by atoms with Gasteiger partial charge in [0.25, 0.3) is 11.7 Å². The van der Waals surface area contributed by atoms with E-state index in [-0.39, 0.29) is 35.1 Å². The number of hydrogen-bond acceptors (Lipinski definition) is 7. The van der Waals surface area contributed by atoms with Gasteiger partial charge in [-0.05, 0) is 57.3 Å². The number of fused-ring (bicyclic) bond motifs is 1. The number of likely N-dealkylation sites (tertiary alicyclic amines) is 1. The van der Waals surface area contributed by atoms with Crippen molar-refractivity contribution in [2.75, 3.05) is 34.3 Å². The van der Waals surface area contributed by atoms with E-state index in [4.69, 9.17) is 4.74 Å². The molecule has 1 aliphatic heterocycles. The minimum atomic E-state index is -0.861. The molecule has 0 bridgehead atoms. The van der Waals surface area contributed by atoms with Crippen molar-refractivity contribution < 1.29 is 24.5 Å². The van der Waals surface area contributed by atoms with Crippen LogP contribution in [0, 0.1) is 13.8 Å². The molecule has 9 nitrogen and oxygen atoms in total. The Morgan fingerprint density at radius 2 is 1.94 bits per heavy atom. The van der Waals surface area contributed by atoms with Crippen LogP contribution in [-0.2, 0) is 9.59 Å². The number of hydrogen-bond donors (Lipinski definition) is 2. The zero-order valence-corrected chi connectivity index (χ0v) is 19.9. The molecule has 1 saturated heterocycles. The minimum Gasteiger partial charge on any atom is -0.505 e. The van der Waals surface area contributed by atoms with Crippen LogP contribution in [0.5, 0.6) is 11.5 Å². The van der Waals surface area contributed by atoms with Gasteiger partial charge in [-0.1, -0.05) is 12.1 Å². The molecule has 3 aromatic rings. The molecule has 1 unspecified atom stereocenters. The van der Waals surface area contributed by atoms with E-state index < -0.39 is 17.7 Å². The van der Waals surface area contributed by atoms with Gasteiger partial charge in [0.05, 0.1) is 24.4 Å². The van der Waals surface area contributed by atoms with E-state index in [9.17, 15) is 19.8 Å². The number of amides is 1. The van der Waals surface area contributed by atoms with Crippen molar-refractivity contribution in [3.05, 3.63) is 64.6 Å². The maximum absolute atomic E-state index is 13.2. The average Bonchev–Trinajstić information content (AvgIpc) is 3.27. The zero-order chi connectivity index (χ0) is 24.7. The third kappa shape index (κ3) is 3.77. The third-order valence-electron chi connectivity index (χ3n) is 6.16. The van der Waals surface area contributed by atoms with Gasteiger partial charge in [-0.2, -0.15) is 0 Å². The quantitative estimate of drug-likeness (QED) is 0.328. The van der Waals surface area contributed by atoms with E-state index in [0.29, 0.717) is 23.4 Å². The molecule has 34 heavy (non-hydrogen) atoms. The number of aromatic hydroxyl groups is 1. The maximum Gasteiger partial charge on any atom is 0.295 e. The summed E-state index contributed by atoms with van der Waals surface area (Å²) in [4.78, 5) is 34.3. The molecular weight excluding hydrogens is 436 g/mol. The lowest BCUT2D eigenvalue weighted by atomic mass is 9.96. The average molecular weight is 465 g/mol. The molecule has 0 saturated carbocycles. The van der Waals surface area contributed by atoms with Gasteiger partial charge in [0.2, 0.25) is 0 Å². The van der Waals surface area contributed by atoms with Crippen LogP contribution in [0.2, 0.25) is 0 Å². The number of pyridine rings is 1. The normalized spacial score (nSPS) is 17.8. The predicted octanol–water partition coefficient (Wildman–Crippen LogP) is 2.65. The van der Waals surface area contributed by atoms with Crippen molar-refractivity contribution in [1.82, 2.24) is 19.2 Å². The standard InChI is InChI=1S/C25H28N4O5/c1-14-7-6-10-28-15(2)20(26-24(14)28)22(31)19-21(16-8-9-17(30)18(13-16)34-5)29(12-11-27(3)4)25(33)23(19)32/h6-10,13,21,30-31H,11-12H2,1-5H3. The molecule has 178 valence electrons. The van der Waals surface area contributed by atoms with Crippen LogP contribution in [0.3, 0.4) is 0 Å². The summed E-state index contributed by atoms with van der Waals surface area (Å²) in [6.07, 6.45) is 1.83. The van der Waals surface area contributed by atoms with Crippen molar-refractivity contribution in [2.24, 2.45) is 0 Å². The summed E-state index contributed by atoms with van der Waals surface area (Å²) in [6, 6.07) is 7.56. The van der Waals surface area contributed by atoms with Crippen LogP contribution in [0.25, 0.3) is 11.4 Å². The first kappa shape index (κ1) is 23.3. The highest BCUT2D eigenvalue weighted by Gasteiger charge is 2.46. The van der Waals surface area contributed by atoms with Crippen LogP contribution >= 0.6 is 0 Å². The number of imidazole rings is 1. The number of nitrogens with zero attached hydrogens (tertiary/aromatic N) is 4. The lowest BCUT2D eigenvalue weighted by Gasteiger charge is -2.26. The number of rotatable bonds is 6. The van der Waals surface area contributed by atoms with E-state index >= 15 is 0 Å². The Balaban J connectivity index is 1.94. The second-order valence-electron chi connectivity index (χ2n) is 8.66. The van der Waals surface area contributed by atoms with Gasteiger partial charge in [-0.15, -0.1) is 0 Å². The number of phenols is 1. The largest absolute Gasteiger partial charge is 0.505 e. The first-order valence-electron chi connectivity index (χ1n) is 10.9. The smallest absolute Gasteiger partial charge is 0.295 e. The van der Waals surface area contributed by atoms with E-state index in [1.54, 1.807) is 19.1 Å². The van der Waals surface area contributed by atoms with Crippen LogP contribution in [-0.4, -0.2) is 75.4 Å². The number of phenolic OH excluding ortho intramolecular Hbond substituents is 1. The van der Waals surface area contributed by atoms with Crippen LogP contribution in [0.15, 0.2) is 42.1 Å². The molecule has 0 radical (unpaired) electrons. The minimum absolute atomic E-state index is 0.0411. The molecule has 2 N–H and O–H groups in total. The number of aryl methyl sites for hydroxylation is 2. The molecule has 2 aromatic heterocycles. The van der Waals surface area contributed by atoms with Gasteiger partial charge >= 0.3 is 0 Å². The molecule has 4 rings (SSSR count). The Kier molecular flexibility index (Phi) is 6.05. The number of likely N-dealkylation sites (N-methyl/N-ethyl adjacent to an activating group) is 1. The van der Waals surface area contributed by atoms with Crippen molar-refractivity contribution in [1.29, 1.82) is 0 Å². The predicted molar refractivity (Wildman–Crippen MR) is 127 cm³/mol. The van der Waals surface area contributed by atoms with Crippen molar-refractivity contribution in [2.45, 2.75) is 19.9 Å². The Morgan fingerprint density at radius 1 is 1.21 bits per heavy atom. The van der Waals surface area contributed by atoms with Crippen molar-refractivity contribution in [3.63, 3.8) is 0 Å². The van der Waals surface area contributed by atoms with Crippen molar-refractivity contribution in [3.8, 4) is 11.5 Å². The summed E-state index contributed by atoms with van der Waals surface area (Å²) in [6.45, 7) is 4.50. The number of ketones is 1. The first-order chi connectivity index (χ1) is 16.1. The van der Waals surface area contributed by atoms with Gasteiger partial charge in [-0.25, -0.2) is 4.98 Å². The van der Waals surface area contributed by atoms with Crippen LogP contribution in [0.4, 0.5) is 0 Å². The lowest BCUT2D eigenvalue weighted by molar-refractivity contribution is -0.140. The van der Waals surface area contributed by atoms with E-state index in [1.165, 1.54) is 18.1 Å². The number of methoxy groups -OCH3 is 1. The molecule has 9 heteroatoms. The molecule has 0 spiro atoms. The Morgan fingerprint density at radius 3 is 2.59 bits per heavy atom. The van der Waals surface area contributed by atoms with Gasteiger partial charge in [0.15, 0.2) is 17.3 Å². The summed E-state index contributed by atoms with van der Waals surface area (Å²) >= 11 is 0. The number of aliphatic hydroxyl groups excluding tert-OH is 1. The topological polar surface area (TPSA) is 108 Å². The maximum atomic E-state index is 13.2. The first-order valence-corrected chi connectivity index (χ1v) is 10.9. The van der Waals surface area contributed by atoms with Gasteiger partial charge in [0.1, 0.15) is 11.3 Å². The Labute approximate surface area is 197 Å². The fourth-order valence-corrected chi connectivity index (χ4v) is 4.30. The monoisotopic (exact) mass is 464 g/mol. The number of Topliss-reactive ketones (excluding diaryl/α,β-unsaturated/α-hetero) is 1. The van der Waals surface area contributed by atoms with Crippen LogP contribution in [0.1, 0.15) is 28.6 Å². The molecule has 3 heterocycles. The fourth-order valence-electron chi connectivity index (χ4n) is 4.30. The van der Waals surface area contributed by atoms with Crippen LogP contribution < -0.4 is 4.74 Å². The van der Waals surface area contributed by atoms with E-state index in [0.717, 1.165) is 5.56 Å². The number of ether oxygens (including phenoxy) is 1. The second-order valence-corrected chi connectivity index (χ2v) is 8.66. The summed E-state index contributed by atoms with van der Waals surface area (Å²) in [5.74, 6) is -1.67. The second kappa shape index (κ2) is 8.83. The zero-order valence-electron chi connectivity index (χ0n) is 19.9. The summed E-state index contributed by atoms with van der Waals surface area (Å²) in [7, 11) is 5.17. The number of benzene rings is 1. The Bertz CT molecular complexity index is 1320. The molecule has 1 atom stereocenters. The van der Waals surface area contributed by atoms with Gasteiger partial charge < -0.3 is 29.2 Å². The molecular formula is C25H28N4O5. The number of carbonyl (C=O) groups excluding carboxylic acids is 2. The molecule has 1 aromatic carbocycles. The molecule has 0 aliphatic carbocycles. The van der Waals surface area contributed by atoms with E-state index in [2.05, 4.69) is 4.98 Å². The molecule has 1 aliphatic rings. The van der Waals surface area contributed by atoms with Gasteiger partial charge in [-0.3, -0.25) is 9.59 Å². The molecule has 1 fully saturated rings. The Hall–Kier alpha value is -3.85. The third-order valence-corrected chi connectivity index (χ3v) is 6.16.